The standard InChI is InChI=1S/C20H28N6O7S/c1-7-34(28,29)24-8-11-13-14(32-20(5,6)31-13)17(30-11)26-10-23-12-15(21-9-22-16(12)26)25-18(27)33-19(2,3)4/h8-10,13-14,17,24H,7H2,1-6H3,(H,21,22,25,27)/t13-,14?,17+/m0/s1. The minimum Gasteiger partial charge on any atom is -0.467 e. The predicted molar refractivity (Wildman–Crippen MR) is 120 cm³/mol. The summed E-state index contributed by atoms with van der Waals surface area (Å²) in [5.74, 6) is -0.578. The molecule has 4 heterocycles. The lowest BCUT2D eigenvalue weighted by atomic mass is 10.2. The van der Waals surface area contributed by atoms with Gasteiger partial charge in [0.1, 0.15) is 24.0 Å². The first kappa shape index (κ1) is 24.2. The van der Waals surface area contributed by atoms with E-state index in [-0.39, 0.29) is 17.3 Å². The van der Waals surface area contributed by atoms with Crippen LogP contribution in [0.25, 0.3) is 11.2 Å². The molecule has 186 valence electrons. The van der Waals surface area contributed by atoms with Gasteiger partial charge in [-0.3, -0.25) is 14.6 Å². The molecule has 2 aromatic heterocycles. The van der Waals surface area contributed by atoms with Crippen molar-refractivity contribution in [2.45, 2.75) is 71.4 Å². The van der Waals surface area contributed by atoms with Crippen LogP contribution >= 0.6 is 0 Å². The van der Waals surface area contributed by atoms with E-state index in [4.69, 9.17) is 18.9 Å². The van der Waals surface area contributed by atoms with Crippen LogP contribution in [0.3, 0.4) is 0 Å². The van der Waals surface area contributed by atoms with E-state index < -0.39 is 45.9 Å². The van der Waals surface area contributed by atoms with Crippen molar-refractivity contribution in [3.63, 3.8) is 0 Å². The van der Waals surface area contributed by atoms with Crippen LogP contribution in [0.5, 0.6) is 0 Å². The normalized spacial score (nSPS) is 25.2. The first-order chi connectivity index (χ1) is 15.8. The molecule has 2 aliphatic rings. The Morgan fingerprint density at radius 1 is 1.26 bits per heavy atom. The van der Waals surface area contributed by atoms with E-state index in [1.807, 2.05) is 0 Å². The van der Waals surface area contributed by atoms with E-state index in [0.717, 1.165) is 0 Å². The quantitative estimate of drug-likeness (QED) is 0.628. The molecule has 3 atom stereocenters. The van der Waals surface area contributed by atoms with Gasteiger partial charge in [0.25, 0.3) is 0 Å². The molecule has 0 radical (unpaired) electrons. The number of anilines is 1. The van der Waals surface area contributed by atoms with Gasteiger partial charge in [-0.2, -0.15) is 0 Å². The Labute approximate surface area is 196 Å². The molecule has 2 aromatic rings. The molecular weight excluding hydrogens is 468 g/mol. The molecule has 14 heteroatoms. The van der Waals surface area contributed by atoms with Gasteiger partial charge >= 0.3 is 6.09 Å². The number of aromatic nitrogens is 4. The van der Waals surface area contributed by atoms with Crippen LogP contribution in [0.15, 0.2) is 24.6 Å². The molecule has 1 amide bonds. The third-order valence-electron chi connectivity index (χ3n) is 4.96. The summed E-state index contributed by atoms with van der Waals surface area (Å²) in [6.45, 7) is 10.3. The maximum Gasteiger partial charge on any atom is 0.413 e. The summed E-state index contributed by atoms with van der Waals surface area (Å²) < 4.78 is 51.2. The number of fused-ring (bicyclic) bond motifs is 2. The second-order valence-corrected chi connectivity index (χ2v) is 11.3. The third-order valence-corrected chi connectivity index (χ3v) is 6.20. The van der Waals surface area contributed by atoms with Crippen molar-refractivity contribution < 1.29 is 32.2 Å². The Morgan fingerprint density at radius 2 is 2.00 bits per heavy atom. The molecule has 2 N–H and O–H groups in total. The summed E-state index contributed by atoms with van der Waals surface area (Å²) in [5.41, 5.74) is 0.000941. The van der Waals surface area contributed by atoms with Gasteiger partial charge in [-0.1, -0.05) is 0 Å². The average molecular weight is 497 g/mol. The first-order valence-corrected chi connectivity index (χ1v) is 12.3. The number of carbonyl (C=O) groups is 1. The van der Waals surface area contributed by atoms with Crippen molar-refractivity contribution in [1.29, 1.82) is 0 Å². The van der Waals surface area contributed by atoms with Crippen molar-refractivity contribution in [1.82, 2.24) is 24.2 Å². The van der Waals surface area contributed by atoms with E-state index in [1.54, 1.807) is 39.2 Å². The molecule has 13 nitrogen and oxygen atoms in total. The highest BCUT2D eigenvalue weighted by Gasteiger charge is 2.55. The van der Waals surface area contributed by atoms with Crippen LogP contribution in [0.2, 0.25) is 0 Å². The van der Waals surface area contributed by atoms with E-state index >= 15 is 0 Å². The van der Waals surface area contributed by atoms with Gasteiger partial charge < -0.3 is 18.9 Å². The van der Waals surface area contributed by atoms with Crippen LogP contribution in [-0.2, 0) is 29.0 Å². The number of carbonyl (C=O) groups excluding carboxylic acids is 1. The highest BCUT2D eigenvalue weighted by molar-refractivity contribution is 7.89. The Hall–Kier alpha value is -2.97. The largest absolute Gasteiger partial charge is 0.467 e. The van der Waals surface area contributed by atoms with Crippen LogP contribution in [0.1, 0.15) is 47.8 Å². The summed E-state index contributed by atoms with van der Waals surface area (Å²) in [5, 5.41) is 2.58. The molecule has 0 saturated carbocycles. The SMILES string of the molecule is CCS(=O)(=O)NC=C1O[C@@H](n2cnc3c(NC(=O)OC(C)(C)C)ncnc32)C2OC(C)(C)O[C@@H]12. The van der Waals surface area contributed by atoms with E-state index in [1.165, 1.54) is 25.8 Å². The number of nitrogens with zero attached hydrogens (tertiary/aromatic N) is 4. The van der Waals surface area contributed by atoms with Gasteiger partial charge in [0.05, 0.1) is 12.0 Å². The lowest BCUT2D eigenvalue weighted by Crippen LogP contribution is -2.28. The summed E-state index contributed by atoms with van der Waals surface area (Å²) in [6.07, 6.45) is 1.32. The number of rotatable bonds is 5. The fraction of sp³-hybridized carbons (Fsp3) is 0.600. The fourth-order valence-electron chi connectivity index (χ4n) is 3.58. The Balaban J connectivity index is 1.66. The topological polar surface area (TPSA) is 156 Å². The predicted octanol–water partition coefficient (Wildman–Crippen LogP) is 2.00. The molecule has 0 aromatic carbocycles. The van der Waals surface area contributed by atoms with Gasteiger partial charge in [0, 0.05) is 0 Å². The van der Waals surface area contributed by atoms with E-state index in [2.05, 4.69) is 25.0 Å². The Morgan fingerprint density at radius 3 is 2.68 bits per heavy atom. The van der Waals surface area contributed by atoms with Gasteiger partial charge in [0.2, 0.25) is 16.3 Å². The summed E-state index contributed by atoms with van der Waals surface area (Å²) in [7, 11) is -3.50. The zero-order valence-corrected chi connectivity index (χ0v) is 20.5. The van der Waals surface area contributed by atoms with Gasteiger partial charge in [-0.15, -0.1) is 0 Å². The van der Waals surface area contributed by atoms with Gasteiger partial charge in [0.15, 0.2) is 35.0 Å². The number of sulfonamides is 1. The molecule has 2 aliphatic heterocycles. The number of hydrogen-bond donors (Lipinski definition) is 2. The lowest BCUT2D eigenvalue weighted by Gasteiger charge is -2.23. The van der Waals surface area contributed by atoms with E-state index in [9.17, 15) is 13.2 Å². The Bertz CT molecular complexity index is 1230. The number of amides is 1. The molecular formula is C20H28N6O7S. The second-order valence-electron chi connectivity index (χ2n) is 9.27. The average Bonchev–Trinajstić information content (AvgIpc) is 3.36. The number of imidazole rings is 1. The third kappa shape index (κ3) is 4.93. The highest BCUT2D eigenvalue weighted by atomic mass is 32.2. The van der Waals surface area contributed by atoms with Crippen molar-refractivity contribution in [2.75, 3.05) is 11.1 Å². The summed E-state index contributed by atoms with van der Waals surface area (Å²) in [6, 6.07) is 0. The first-order valence-electron chi connectivity index (χ1n) is 10.7. The minimum absolute atomic E-state index is 0.0896. The summed E-state index contributed by atoms with van der Waals surface area (Å²) >= 11 is 0. The summed E-state index contributed by atoms with van der Waals surface area (Å²) in [4.78, 5) is 25.0. The fourth-order valence-corrected chi connectivity index (χ4v) is 4.05. The van der Waals surface area contributed by atoms with Crippen LogP contribution in [0.4, 0.5) is 10.6 Å². The monoisotopic (exact) mass is 496 g/mol. The van der Waals surface area contributed by atoms with Gasteiger partial charge in [-0.25, -0.2) is 28.2 Å². The number of ether oxygens (including phenoxy) is 4. The zero-order chi connectivity index (χ0) is 24.9. The second kappa shape index (κ2) is 8.36. The van der Waals surface area contributed by atoms with Crippen molar-refractivity contribution in [3.8, 4) is 0 Å². The van der Waals surface area contributed by atoms with Gasteiger partial charge in [-0.05, 0) is 41.5 Å². The maximum atomic E-state index is 12.2. The lowest BCUT2D eigenvalue weighted by molar-refractivity contribution is -0.173. The van der Waals surface area contributed by atoms with Crippen molar-refractivity contribution >= 4 is 33.1 Å². The zero-order valence-electron chi connectivity index (χ0n) is 19.7. The van der Waals surface area contributed by atoms with Crippen LogP contribution in [0, 0.1) is 0 Å². The minimum atomic E-state index is -3.50. The van der Waals surface area contributed by atoms with Crippen LogP contribution < -0.4 is 10.0 Å². The number of hydrogen-bond acceptors (Lipinski definition) is 10. The molecule has 4 rings (SSSR count). The van der Waals surface area contributed by atoms with Crippen LogP contribution in [-0.4, -0.2) is 63.4 Å². The van der Waals surface area contributed by atoms with Crippen molar-refractivity contribution in [3.05, 3.63) is 24.6 Å². The highest BCUT2D eigenvalue weighted by Crippen LogP contribution is 2.45. The molecule has 1 unspecified atom stereocenters. The Kier molecular flexibility index (Phi) is 5.94. The molecule has 34 heavy (non-hydrogen) atoms. The van der Waals surface area contributed by atoms with E-state index in [0.29, 0.717) is 11.2 Å². The molecule has 0 spiro atoms. The molecule has 0 aliphatic carbocycles. The molecule has 2 saturated heterocycles. The number of nitrogens with one attached hydrogen (secondary N) is 2. The van der Waals surface area contributed by atoms with Crippen molar-refractivity contribution in [2.24, 2.45) is 0 Å². The smallest absolute Gasteiger partial charge is 0.413 e. The molecule has 0 bridgehead atoms. The molecule has 2 fully saturated rings. The maximum absolute atomic E-state index is 12.2.